The van der Waals surface area contributed by atoms with Crippen molar-refractivity contribution < 1.29 is 14.6 Å². The van der Waals surface area contributed by atoms with E-state index in [1.54, 1.807) is 17.3 Å². The van der Waals surface area contributed by atoms with Gasteiger partial charge in [0.25, 0.3) is 0 Å². The number of hydrogen-bond donors (Lipinski definition) is 1. The zero-order chi connectivity index (χ0) is 21.6. The number of aromatic hydroxyl groups is 1. The Hall–Kier alpha value is -2.90. The van der Waals surface area contributed by atoms with Crippen LogP contribution in [-0.4, -0.2) is 71.1 Å². The highest BCUT2D eigenvalue weighted by Crippen LogP contribution is 2.21. The van der Waals surface area contributed by atoms with Gasteiger partial charge in [-0.25, -0.2) is 4.79 Å². The summed E-state index contributed by atoms with van der Waals surface area (Å²) in [7, 11) is 1.87. The van der Waals surface area contributed by atoms with Gasteiger partial charge >= 0.3 is 6.03 Å². The molecule has 0 spiro atoms. The summed E-state index contributed by atoms with van der Waals surface area (Å²) in [6.45, 7) is 3.57. The largest absolute Gasteiger partial charge is 0.508 e. The van der Waals surface area contributed by atoms with Gasteiger partial charge in [0.15, 0.2) is 6.23 Å². The van der Waals surface area contributed by atoms with Crippen LogP contribution < -0.4 is 0 Å². The first-order chi connectivity index (χ1) is 15.1. The average Bonchev–Trinajstić information content (AvgIpc) is 3.27. The number of nitrogens with zero attached hydrogens (tertiary/aromatic N) is 4. The summed E-state index contributed by atoms with van der Waals surface area (Å²) in [6, 6.07) is 17.5. The maximum absolute atomic E-state index is 13.1. The number of aliphatic imine (C=N–C) groups is 1. The molecule has 0 radical (unpaired) electrons. The van der Waals surface area contributed by atoms with Crippen molar-refractivity contribution >= 4 is 12.4 Å². The summed E-state index contributed by atoms with van der Waals surface area (Å²) in [5, 5.41) is 9.66. The highest BCUT2D eigenvalue weighted by molar-refractivity contribution is 5.87. The van der Waals surface area contributed by atoms with Gasteiger partial charge in [-0.05, 0) is 36.1 Å². The molecule has 1 unspecified atom stereocenters. The van der Waals surface area contributed by atoms with Crippen LogP contribution in [0.2, 0.25) is 0 Å². The number of likely N-dealkylation sites (tertiary alicyclic amines) is 1. The Morgan fingerprint density at radius 3 is 2.61 bits per heavy atom. The highest BCUT2D eigenvalue weighted by atomic mass is 16.5. The second-order valence-electron chi connectivity index (χ2n) is 8.21. The number of rotatable bonds is 6. The minimum Gasteiger partial charge on any atom is -0.508 e. The van der Waals surface area contributed by atoms with E-state index >= 15 is 0 Å². The van der Waals surface area contributed by atoms with Crippen molar-refractivity contribution in [3.63, 3.8) is 0 Å². The Morgan fingerprint density at radius 2 is 1.87 bits per heavy atom. The van der Waals surface area contributed by atoms with E-state index in [-0.39, 0.29) is 18.3 Å². The minimum absolute atomic E-state index is 0.0641. The Labute approximate surface area is 183 Å². The fraction of sp³-hybridized carbons (Fsp3) is 0.417. The molecule has 7 heteroatoms. The van der Waals surface area contributed by atoms with Crippen LogP contribution in [0.5, 0.6) is 5.75 Å². The van der Waals surface area contributed by atoms with E-state index < -0.39 is 0 Å². The van der Waals surface area contributed by atoms with Crippen molar-refractivity contribution in [3.05, 3.63) is 65.7 Å². The second-order valence-corrected chi connectivity index (χ2v) is 8.21. The lowest BCUT2D eigenvalue weighted by Crippen LogP contribution is -2.51. The van der Waals surface area contributed by atoms with Gasteiger partial charge in [0, 0.05) is 32.7 Å². The molecule has 2 aliphatic heterocycles. The standard InChI is InChI=1S/C24H30N4O3/c1-26(21-10-12-27(13-11-21)16-20-8-5-9-22(29)14-20)24(30)28-18-25-15-23(28)31-17-19-6-3-2-4-7-19/h2-9,14,18,21,23,29H,10-13,15-17H2,1H3. The first-order valence-electron chi connectivity index (χ1n) is 10.8. The van der Waals surface area contributed by atoms with Crippen molar-refractivity contribution in [2.75, 3.05) is 26.7 Å². The summed E-state index contributed by atoms with van der Waals surface area (Å²) in [4.78, 5) is 23.2. The quantitative estimate of drug-likeness (QED) is 0.776. The number of carbonyl (C=O) groups is 1. The molecular formula is C24H30N4O3. The number of carbonyl (C=O) groups excluding carboxylic acids is 1. The molecule has 2 amide bonds. The highest BCUT2D eigenvalue weighted by Gasteiger charge is 2.33. The molecule has 0 saturated carbocycles. The van der Waals surface area contributed by atoms with Crippen molar-refractivity contribution in [2.24, 2.45) is 4.99 Å². The van der Waals surface area contributed by atoms with E-state index in [0.717, 1.165) is 43.6 Å². The van der Waals surface area contributed by atoms with E-state index in [1.807, 2.05) is 60.5 Å². The molecule has 1 atom stereocenters. The fourth-order valence-electron chi connectivity index (χ4n) is 4.18. The third-order valence-electron chi connectivity index (χ3n) is 6.01. The molecule has 2 aromatic rings. The molecule has 1 N–H and O–H groups in total. The van der Waals surface area contributed by atoms with E-state index in [4.69, 9.17) is 4.74 Å². The maximum Gasteiger partial charge on any atom is 0.327 e. The molecule has 2 aromatic carbocycles. The van der Waals surface area contributed by atoms with E-state index in [9.17, 15) is 9.90 Å². The predicted molar refractivity (Wildman–Crippen MR) is 120 cm³/mol. The van der Waals surface area contributed by atoms with Gasteiger partial charge in [-0.15, -0.1) is 0 Å². The van der Waals surface area contributed by atoms with Crippen molar-refractivity contribution in [2.45, 2.75) is 38.3 Å². The first-order valence-corrected chi connectivity index (χ1v) is 10.8. The SMILES string of the molecule is CN(C(=O)N1C=NCC1OCc1ccccc1)C1CCN(Cc2cccc(O)c2)CC1. The number of hydrogen-bond acceptors (Lipinski definition) is 5. The van der Waals surface area contributed by atoms with Crippen molar-refractivity contribution in [3.8, 4) is 5.75 Å². The zero-order valence-corrected chi connectivity index (χ0v) is 17.9. The monoisotopic (exact) mass is 422 g/mol. The maximum atomic E-state index is 13.1. The Balaban J connectivity index is 1.27. The van der Waals surface area contributed by atoms with Crippen LogP contribution in [-0.2, 0) is 17.9 Å². The molecular weight excluding hydrogens is 392 g/mol. The van der Waals surface area contributed by atoms with Gasteiger partial charge in [0.1, 0.15) is 5.75 Å². The molecule has 2 heterocycles. The molecule has 0 aromatic heterocycles. The first kappa shape index (κ1) is 21.3. The van der Waals surface area contributed by atoms with Crippen molar-refractivity contribution in [1.82, 2.24) is 14.7 Å². The smallest absolute Gasteiger partial charge is 0.327 e. The van der Waals surface area contributed by atoms with Gasteiger partial charge in [-0.1, -0.05) is 42.5 Å². The van der Waals surface area contributed by atoms with Gasteiger partial charge in [0.2, 0.25) is 0 Å². The van der Waals surface area contributed by atoms with Gasteiger partial charge in [0.05, 0.1) is 19.5 Å². The summed E-state index contributed by atoms with van der Waals surface area (Å²) < 4.78 is 5.98. The fourth-order valence-corrected chi connectivity index (χ4v) is 4.18. The van der Waals surface area contributed by atoms with Crippen LogP contribution in [0.3, 0.4) is 0 Å². The second kappa shape index (κ2) is 9.94. The lowest BCUT2D eigenvalue weighted by atomic mass is 10.0. The molecule has 4 rings (SSSR count). The Kier molecular flexibility index (Phi) is 6.84. The van der Waals surface area contributed by atoms with Crippen molar-refractivity contribution in [1.29, 1.82) is 0 Å². The van der Waals surface area contributed by atoms with Gasteiger partial charge in [-0.2, -0.15) is 0 Å². The molecule has 1 fully saturated rings. The molecule has 0 bridgehead atoms. The average molecular weight is 423 g/mol. The van der Waals surface area contributed by atoms with E-state index in [1.165, 1.54) is 0 Å². The number of urea groups is 1. The number of amides is 2. The summed E-state index contributed by atoms with van der Waals surface area (Å²) >= 11 is 0. The van der Waals surface area contributed by atoms with Crippen LogP contribution in [0.1, 0.15) is 24.0 Å². The lowest BCUT2D eigenvalue weighted by Gasteiger charge is -2.38. The van der Waals surface area contributed by atoms with Gasteiger partial charge < -0.3 is 14.7 Å². The molecule has 1 saturated heterocycles. The Bertz CT molecular complexity index is 897. The molecule has 31 heavy (non-hydrogen) atoms. The summed E-state index contributed by atoms with van der Waals surface area (Å²) in [5.74, 6) is 0.300. The van der Waals surface area contributed by atoms with E-state index in [2.05, 4.69) is 9.89 Å². The zero-order valence-electron chi connectivity index (χ0n) is 17.9. The predicted octanol–water partition coefficient (Wildman–Crippen LogP) is 3.30. The molecule has 0 aliphatic carbocycles. The topological polar surface area (TPSA) is 68.6 Å². The number of ether oxygens (including phenoxy) is 1. The summed E-state index contributed by atoms with van der Waals surface area (Å²) in [6.07, 6.45) is 3.08. The normalized spacial score (nSPS) is 19.6. The number of benzene rings is 2. The molecule has 7 nitrogen and oxygen atoms in total. The Morgan fingerprint density at radius 1 is 1.13 bits per heavy atom. The number of phenols is 1. The molecule has 164 valence electrons. The van der Waals surface area contributed by atoms with Crippen LogP contribution >= 0.6 is 0 Å². The van der Waals surface area contributed by atoms with E-state index in [0.29, 0.717) is 18.9 Å². The van der Waals surface area contributed by atoms with Crippen LogP contribution in [0.25, 0.3) is 0 Å². The third-order valence-corrected chi connectivity index (χ3v) is 6.01. The lowest BCUT2D eigenvalue weighted by molar-refractivity contribution is -0.0121. The van der Waals surface area contributed by atoms with Crippen LogP contribution in [0, 0.1) is 0 Å². The van der Waals surface area contributed by atoms with Crippen LogP contribution in [0.4, 0.5) is 4.79 Å². The number of piperidine rings is 1. The minimum atomic E-state index is -0.360. The molecule has 2 aliphatic rings. The van der Waals surface area contributed by atoms with Gasteiger partial charge in [-0.3, -0.25) is 14.8 Å². The summed E-state index contributed by atoms with van der Waals surface area (Å²) in [5.41, 5.74) is 2.18. The van der Waals surface area contributed by atoms with Crippen LogP contribution in [0.15, 0.2) is 59.6 Å². The number of phenolic OH excluding ortho intramolecular Hbond substituents is 1. The third kappa shape index (κ3) is 5.42.